The van der Waals surface area contributed by atoms with Gasteiger partial charge >= 0.3 is 0 Å². The van der Waals surface area contributed by atoms with Crippen LogP contribution in [0.1, 0.15) is 31.2 Å². The molecule has 2 fully saturated rings. The third-order valence-electron chi connectivity index (χ3n) is 5.66. The molecule has 1 N–H and O–H groups in total. The highest BCUT2D eigenvalue weighted by atomic mass is 32.2. The average molecular weight is 381 g/mol. The second kappa shape index (κ2) is 8.06. The van der Waals surface area contributed by atoms with Crippen LogP contribution < -0.4 is 5.32 Å². The third-order valence-corrected chi connectivity index (χ3v) is 6.93. The van der Waals surface area contributed by atoms with Crippen molar-refractivity contribution >= 4 is 15.9 Å². The van der Waals surface area contributed by atoms with Gasteiger partial charge in [0.2, 0.25) is 15.9 Å². The minimum absolute atomic E-state index is 0.0415. The molecule has 2 aliphatic heterocycles. The molecule has 0 saturated carbocycles. The van der Waals surface area contributed by atoms with Gasteiger partial charge in [-0.3, -0.25) is 4.79 Å². The quantitative estimate of drug-likeness (QED) is 0.840. The first-order valence-electron chi connectivity index (χ1n) is 9.27. The highest BCUT2D eigenvalue weighted by Crippen LogP contribution is 2.34. The first kappa shape index (κ1) is 19.3. The van der Waals surface area contributed by atoms with E-state index in [1.54, 1.807) is 0 Å². The van der Waals surface area contributed by atoms with Gasteiger partial charge in [0.25, 0.3) is 0 Å². The molecule has 0 radical (unpaired) electrons. The number of benzene rings is 1. The monoisotopic (exact) mass is 380 g/mol. The molecule has 1 aromatic rings. The van der Waals surface area contributed by atoms with Gasteiger partial charge in [-0.2, -0.15) is 0 Å². The van der Waals surface area contributed by atoms with E-state index >= 15 is 0 Å². The Morgan fingerprint density at radius 2 is 1.96 bits per heavy atom. The summed E-state index contributed by atoms with van der Waals surface area (Å²) in [5.41, 5.74) is 1.12. The summed E-state index contributed by atoms with van der Waals surface area (Å²) in [7, 11) is -3.25. The van der Waals surface area contributed by atoms with E-state index in [1.165, 1.54) is 16.1 Å². The summed E-state index contributed by atoms with van der Waals surface area (Å²) in [5, 5.41) is 3.12. The fourth-order valence-corrected chi connectivity index (χ4v) is 4.89. The standard InChI is InChI=1S/C19H28N2O4S/c1-26(23,24)21-11-5-6-16(14-21)18(22)20-15-19(9-12-25-13-10-19)17-7-3-2-4-8-17/h2-4,7-8,16H,5-6,9-15H2,1H3,(H,20,22)/t16-/m0/s1. The lowest BCUT2D eigenvalue weighted by Crippen LogP contribution is -2.49. The van der Waals surface area contributed by atoms with E-state index in [0.717, 1.165) is 25.7 Å². The van der Waals surface area contributed by atoms with Crippen molar-refractivity contribution < 1.29 is 17.9 Å². The molecule has 2 saturated heterocycles. The average Bonchev–Trinajstić information content (AvgIpc) is 2.67. The van der Waals surface area contributed by atoms with Crippen LogP contribution >= 0.6 is 0 Å². The van der Waals surface area contributed by atoms with Gasteiger partial charge in [0.15, 0.2) is 0 Å². The topological polar surface area (TPSA) is 75.7 Å². The van der Waals surface area contributed by atoms with Crippen molar-refractivity contribution in [3.05, 3.63) is 35.9 Å². The Bertz CT molecular complexity index is 714. The fourth-order valence-electron chi connectivity index (χ4n) is 3.98. The van der Waals surface area contributed by atoms with Crippen LogP contribution in [-0.2, 0) is 25.0 Å². The molecule has 1 amide bonds. The normalized spacial score (nSPS) is 24.1. The Kier molecular flexibility index (Phi) is 5.99. The van der Waals surface area contributed by atoms with Crippen molar-refractivity contribution in [2.24, 2.45) is 5.92 Å². The summed E-state index contributed by atoms with van der Waals surface area (Å²) < 4.78 is 30.5. The minimum Gasteiger partial charge on any atom is -0.381 e. The maximum absolute atomic E-state index is 12.7. The van der Waals surface area contributed by atoms with Gasteiger partial charge in [-0.15, -0.1) is 0 Å². The first-order valence-corrected chi connectivity index (χ1v) is 11.1. The molecule has 3 rings (SSSR count). The number of nitrogens with zero attached hydrogens (tertiary/aromatic N) is 1. The van der Waals surface area contributed by atoms with Crippen LogP contribution in [-0.4, -0.2) is 57.7 Å². The van der Waals surface area contributed by atoms with Crippen molar-refractivity contribution in [2.45, 2.75) is 31.1 Å². The minimum atomic E-state index is -3.25. The van der Waals surface area contributed by atoms with Gasteiger partial charge < -0.3 is 10.1 Å². The molecule has 6 nitrogen and oxygen atoms in total. The van der Waals surface area contributed by atoms with Crippen molar-refractivity contribution in [1.29, 1.82) is 0 Å². The second-order valence-electron chi connectivity index (χ2n) is 7.44. The Balaban J connectivity index is 1.66. The van der Waals surface area contributed by atoms with E-state index in [-0.39, 0.29) is 23.8 Å². The zero-order valence-electron chi connectivity index (χ0n) is 15.3. The number of nitrogens with one attached hydrogen (secondary N) is 1. The summed E-state index contributed by atoms with van der Waals surface area (Å²) in [6.07, 6.45) is 4.41. The van der Waals surface area contributed by atoms with Gasteiger partial charge in [-0.05, 0) is 31.2 Å². The summed E-state index contributed by atoms with van der Waals surface area (Å²) in [4.78, 5) is 12.7. The number of carbonyl (C=O) groups excluding carboxylic acids is 1. The van der Waals surface area contributed by atoms with Crippen LogP contribution in [0.25, 0.3) is 0 Å². The molecule has 0 spiro atoms. The number of rotatable bonds is 5. The van der Waals surface area contributed by atoms with Crippen LogP contribution in [0.3, 0.4) is 0 Å². The van der Waals surface area contributed by atoms with Crippen molar-refractivity contribution in [1.82, 2.24) is 9.62 Å². The summed E-state index contributed by atoms with van der Waals surface area (Å²) in [5.74, 6) is -0.314. The van der Waals surface area contributed by atoms with E-state index in [1.807, 2.05) is 18.2 Å². The molecule has 0 aliphatic carbocycles. The lowest BCUT2D eigenvalue weighted by atomic mass is 9.74. The molecule has 1 aromatic carbocycles. The Morgan fingerprint density at radius 3 is 2.62 bits per heavy atom. The van der Waals surface area contributed by atoms with E-state index < -0.39 is 10.0 Å². The van der Waals surface area contributed by atoms with Crippen molar-refractivity contribution in [3.8, 4) is 0 Å². The lowest BCUT2D eigenvalue weighted by Gasteiger charge is -2.38. The molecule has 144 valence electrons. The second-order valence-corrected chi connectivity index (χ2v) is 9.42. The smallest absolute Gasteiger partial charge is 0.224 e. The van der Waals surface area contributed by atoms with Gasteiger partial charge in [0.1, 0.15) is 0 Å². The van der Waals surface area contributed by atoms with Gasteiger partial charge in [-0.1, -0.05) is 30.3 Å². The molecule has 2 heterocycles. The SMILES string of the molecule is CS(=O)(=O)N1CCC[C@H](C(=O)NCC2(c3ccccc3)CCOCC2)C1. The molecule has 0 bridgehead atoms. The molecule has 26 heavy (non-hydrogen) atoms. The predicted molar refractivity (Wildman–Crippen MR) is 100 cm³/mol. The summed E-state index contributed by atoms with van der Waals surface area (Å²) in [6.45, 7) is 2.74. The highest BCUT2D eigenvalue weighted by molar-refractivity contribution is 7.88. The molecule has 0 aromatic heterocycles. The summed E-state index contributed by atoms with van der Waals surface area (Å²) >= 11 is 0. The summed E-state index contributed by atoms with van der Waals surface area (Å²) in [6, 6.07) is 10.3. The molecular weight excluding hydrogens is 352 g/mol. The van der Waals surface area contributed by atoms with E-state index in [4.69, 9.17) is 4.74 Å². The Hall–Kier alpha value is -1.44. The van der Waals surface area contributed by atoms with Gasteiger partial charge in [-0.25, -0.2) is 12.7 Å². The fraction of sp³-hybridized carbons (Fsp3) is 0.632. The zero-order chi connectivity index (χ0) is 18.6. The van der Waals surface area contributed by atoms with Crippen molar-refractivity contribution in [2.75, 3.05) is 39.1 Å². The number of sulfonamides is 1. The van der Waals surface area contributed by atoms with E-state index in [9.17, 15) is 13.2 Å². The number of hydrogen-bond acceptors (Lipinski definition) is 4. The molecule has 1 atom stereocenters. The maximum atomic E-state index is 12.7. The zero-order valence-corrected chi connectivity index (χ0v) is 16.1. The Morgan fingerprint density at radius 1 is 1.27 bits per heavy atom. The number of hydrogen-bond donors (Lipinski definition) is 1. The van der Waals surface area contributed by atoms with E-state index in [2.05, 4.69) is 17.4 Å². The number of carbonyl (C=O) groups is 1. The number of amides is 1. The first-order chi connectivity index (χ1) is 12.4. The largest absolute Gasteiger partial charge is 0.381 e. The molecule has 0 unspecified atom stereocenters. The van der Waals surface area contributed by atoms with Gasteiger partial charge in [0, 0.05) is 38.3 Å². The van der Waals surface area contributed by atoms with Crippen LogP contribution in [0.4, 0.5) is 0 Å². The van der Waals surface area contributed by atoms with Crippen LogP contribution in [0, 0.1) is 5.92 Å². The van der Waals surface area contributed by atoms with E-state index in [0.29, 0.717) is 26.3 Å². The lowest BCUT2D eigenvalue weighted by molar-refractivity contribution is -0.126. The van der Waals surface area contributed by atoms with Gasteiger partial charge in [0.05, 0.1) is 12.2 Å². The maximum Gasteiger partial charge on any atom is 0.224 e. The number of piperidine rings is 1. The number of ether oxygens (including phenoxy) is 1. The third kappa shape index (κ3) is 4.45. The molecular formula is C19H28N2O4S. The van der Waals surface area contributed by atoms with Crippen molar-refractivity contribution in [3.63, 3.8) is 0 Å². The van der Waals surface area contributed by atoms with Crippen LogP contribution in [0.2, 0.25) is 0 Å². The Labute approximate surface area is 156 Å². The molecule has 7 heteroatoms. The van der Waals surface area contributed by atoms with Crippen LogP contribution in [0.5, 0.6) is 0 Å². The molecule has 2 aliphatic rings. The van der Waals surface area contributed by atoms with Crippen LogP contribution in [0.15, 0.2) is 30.3 Å². The highest BCUT2D eigenvalue weighted by Gasteiger charge is 2.36. The predicted octanol–water partition coefficient (Wildman–Crippen LogP) is 1.52.